The smallest absolute Gasteiger partial charge is 0.323 e. The van der Waals surface area contributed by atoms with Crippen molar-refractivity contribution in [1.29, 1.82) is 0 Å². The molecule has 2 aromatic rings. The van der Waals surface area contributed by atoms with E-state index < -0.39 is 0 Å². The van der Waals surface area contributed by atoms with Crippen molar-refractivity contribution in [3.63, 3.8) is 0 Å². The van der Waals surface area contributed by atoms with Crippen LogP contribution >= 0.6 is 0 Å². The number of methoxy groups -OCH3 is 1. The molecule has 6 nitrogen and oxygen atoms in total. The van der Waals surface area contributed by atoms with Crippen LogP contribution in [0.3, 0.4) is 0 Å². The molecule has 0 radical (unpaired) electrons. The number of pyridine rings is 1. The van der Waals surface area contributed by atoms with Gasteiger partial charge in [0.05, 0.1) is 24.8 Å². The molecule has 0 aliphatic carbocycles. The third kappa shape index (κ3) is 3.12. The van der Waals surface area contributed by atoms with Crippen molar-refractivity contribution in [2.45, 2.75) is 45.4 Å². The van der Waals surface area contributed by atoms with Gasteiger partial charge in [0, 0.05) is 37.9 Å². The Morgan fingerprint density at radius 2 is 2.30 bits per heavy atom. The predicted octanol–water partition coefficient (Wildman–Crippen LogP) is 1.96. The third-order valence-corrected chi connectivity index (χ3v) is 4.30. The second kappa shape index (κ2) is 6.50. The van der Waals surface area contributed by atoms with Crippen LogP contribution in [0, 0.1) is 0 Å². The van der Waals surface area contributed by atoms with E-state index in [1.807, 2.05) is 24.7 Å². The fourth-order valence-electron chi connectivity index (χ4n) is 3.09. The van der Waals surface area contributed by atoms with E-state index in [-0.39, 0.29) is 12.0 Å². The van der Waals surface area contributed by atoms with Gasteiger partial charge in [-0.05, 0) is 25.5 Å². The fourth-order valence-corrected chi connectivity index (χ4v) is 3.09. The molecule has 3 rings (SSSR count). The maximum Gasteiger partial charge on any atom is 0.323 e. The number of ether oxygens (including phenoxy) is 1. The first-order valence-corrected chi connectivity index (χ1v) is 7.85. The molecule has 0 saturated carbocycles. The van der Waals surface area contributed by atoms with Crippen LogP contribution in [0.1, 0.15) is 36.8 Å². The maximum absolute atomic E-state index is 12.2. The summed E-state index contributed by atoms with van der Waals surface area (Å²) in [5, 5.41) is 0. The number of esters is 1. The Labute approximate surface area is 136 Å². The Morgan fingerprint density at radius 3 is 2.96 bits per heavy atom. The minimum atomic E-state index is -0.303. The lowest BCUT2D eigenvalue weighted by molar-refractivity contribution is -0.148. The molecule has 0 N–H and O–H groups in total. The molecule has 0 spiro atoms. The maximum atomic E-state index is 12.2. The molecular formula is C17H22N4O2. The zero-order chi connectivity index (χ0) is 16.4. The van der Waals surface area contributed by atoms with Crippen LogP contribution in [-0.2, 0) is 29.0 Å². The standard InChI is InChI=1S/C17H22N4O2/c1-12(2)21-11-19-14-7-15(17(22)23-3)20(10-16(14)21)9-13-5-4-6-18-8-13/h4-6,8,11-12,15H,7,9-10H2,1-3H3/t15-/m0/s1. The molecule has 0 unspecified atom stereocenters. The minimum Gasteiger partial charge on any atom is -0.468 e. The fraction of sp³-hybridized carbons (Fsp3) is 0.471. The molecular weight excluding hydrogens is 292 g/mol. The van der Waals surface area contributed by atoms with Gasteiger partial charge in [-0.1, -0.05) is 6.07 Å². The van der Waals surface area contributed by atoms with Crippen molar-refractivity contribution in [3.8, 4) is 0 Å². The van der Waals surface area contributed by atoms with Gasteiger partial charge < -0.3 is 9.30 Å². The zero-order valence-corrected chi connectivity index (χ0v) is 13.8. The molecule has 122 valence electrons. The van der Waals surface area contributed by atoms with Crippen LogP contribution in [0.25, 0.3) is 0 Å². The Balaban J connectivity index is 1.91. The van der Waals surface area contributed by atoms with Crippen LogP contribution in [0.4, 0.5) is 0 Å². The highest BCUT2D eigenvalue weighted by atomic mass is 16.5. The monoisotopic (exact) mass is 314 g/mol. The van der Waals surface area contributed by atoms with E-state index in [1.165, 1.54) is 12.8 Å². The molecule has 0 bridgehead atoms. The van der Waals surface area contributed by atoms with Gasteiger partial charge in [-0.15, -0.1) is 0 Å². The number of imidazole rings is 1. The highest BCUT2D eigenvalue weighted by Crippen LogP contribution is 2.26. The van der Waals surface area contributed by atoms with E-state index >= 15 is 0 Å². The Bertz CT molecular complexity index is 681. The summed E-state index contributed by atoms with van der Waals surface area (Å²) in [7, 11) is 1.44. The Morgan fingerprint density at radius 1 is 1.48 bits per heavy atom. The normalized spacial score (nSPS) is 18.0. The summed E-state index contributed by atoms with van der Waals surface area (Å²) in [5.41, 5.74) is 3.26. The third-order valence-electron chi connectivity index (χ3n) is 4.30. The van der Waals surface area contributed by atoms with Crippen molar-refractivity contribution >= 4 is 5.97 Å². The highest BCUT2D eigenvalue weighted by molar-refractivity contribution is 5.76. The molecule has 1 aliphatic heterocycles. The van der Waals surface area contributed by atoms with Gasteiger partial charge in [0.2, 0.25) is 0 Å². The van der Waals surface area contributed by atoms with Crippen LogP contribution < -0.4 is 0 Å². The summed E-state index contributed by atoms with van der Waals surface area (Å²) >= 11 is 0. The summed E-state index contributed by atoms with van der Waals surface area (Å²) in [6.07, 6.45) is 6.05. The minimum absolute atomic E-state index is 0.210. The molecule has 0 saturated heterocycles. The lowest BCUT2D eigenvalue weighted by atomic mass is 10.0. The molecule has 1 aliphatic rings. The average molecular weight is 314 g/mol. The summed E-state index contributed by atoms with van der Waals surface area (Å²) < 4.78 is 7.18. The van der Waals surface area contributed by atoms with E-state index in [0.29, 0.717) is 25.6 Å². The second-order valence-corrected chi connectivity index (χ2v) is 6.15. The number of carbonyl (C=O) groups excluding carboxylic acids is 1. The number of aromatic nitrogens is 3. The molecule has 23 heavy (non-hydrogen) atoms. The molecule has 0 amide bonds. The summed E-state index contributed by atoms with van der Waals surface area (Å²) in [6, 6.07) is 3.98. The van der Waals surface area contributed by atoms with E-state index in [4.69, 9.17) is 4.74 Å². The van der Waals surface area contributed by atoms with Crippen molar-refractivity contribution in [3.05, 3.63) is 47.8 Å². The molecule has 3 heterocycles. The first kappa shape index (κ1) is 15.7. The van der Waals surface area contributed by atoms with Crippen molar-refractivity contribution < 1.29 is 9.53 Å². The van der Waals surface area contributed by atoms with Gasteiger partial charge in [-0.25, -0.2) is 4.98 Å². The number of nitrogens with zero attached hydrogens (tertiary/aromatic N) is 4. The number of hydrogen-bond donors (Lipinski definition) is 0. The lowest BCUT2D eigenvalue weighted by Gasteiger charge is -2.34. The second-order valence-electron chi connectivity index (χ2n) is 6.15. The van der Waals surface area contributed by atoms with Gasteiger partial charge in [-0.3, -0.25) is 14.7 Å². The molecule has 6 heteroatoms. The van der Waals surface area contributed by atoms with Gasteiger partial charge in [0.25, 0.3) is 0 Å². The van der Waals surface area contributed by atoms with Crippen LogP contribution in [0.2, 0.25) is 0 Å². The highest BCUT2D eigenvalue weighted by Gasteiger charge is 2.35. The van der Waals surface area contributed by atoms with Gasteiger partial charge in [0.1, 0.15) is 6.04 Å². The topological polar surface area (TPSA) is 60.2 Å². The van der Waals surface area contributed by atoms with Crippen molar-refractivity contribution in [1.82, 2.24) is 19.4 Å². The van der Waals surface area contributed by atoms with E-state index in [9.17, 15) is 4.79 Å². The van der Waals surface area contributed by atoms with Gasteiger partial charge >= 0.3 is 5.97 Å². The zero-order valence-electron chi connectivity index (χ0n) is 13.8. The summed E-state index contributed by atoms with van der Waals surface area (Å²) in [4.78, 5) is 23.0. The van der Waals surface area contributed by atoms with E-state index in [2.05, 4.69) is 33.3 Å². The molecule has 0 aromatic carbocycles. The number of fused-ring (bicyclic) bond motifs is 1. The van der Waals surface area contributed by atoms with Crippen molar-refractivity contribution in [2.75, 3.05) is 7.11 Å². The lowest BCUT2D eigenvalue weighted by Crippen LogP contribution is -2.46. The predicted molar refractivity (Wildman–Crippen MR) is 85.6 cm³/mol. The molecule has 2 aromatic heterocycles. The summed E-state index contributed by atoms with van der Waals surface area (Å²) in [5.74, 6) is -0.210. The SMILES string of the molecule is COC(=O)[C@@H]1Cc2ncn(C(C)C)c2CN1Cc1cccnc1. The molecule has 0 fully saturated rings. The quantitative estimate of drug-likeness (QED) is 0.807. The van der Waals surface area contributed by atoms with E-state index in [1.54, 1.807) is 6.20 Å². The average Bonchev–Trinajstić information content (AvgIpc) is 2.97. The first-order chi connectivity index (χ1) is 11.1. The molecule has 1 atom stereocenters. The Hall–Kier alpha value is -2.21. The van der Waals surface area contributed by atoms with Gasteiger partial charge in [0.15, 0.2) is 0 Å². The summed E-state index contributed by atoms with van der Waals surface area (Å²) in [6.45, 7) is 5.62. The van der Waals surface area contributed by atoms with Crippen LogP contribution in [0.15, 0.2) is 30.9 Å². The number of rotatable bonds is 4. The largest absolute Gasteiger partial charge is 0.468 e. The first-order valence-electron chi connectivity index (χ1n) is 7.85. The van der Waals surface area contributed by atoms with Gasteiger partial charge in [-0.2, -0.15) is 0 Å². The van der Waals surface area contributed by atoms with Crippen LogP contribution in [0.5, 0.6) is 0 Å². The Kier molecular flexibility index (Phi) is 4.43. The van der Waals surface area contributed by atoms with Crippen molar-refractivity contribution in [2.24, 2.45) is 0 Å². The number of hydrogen-bond acceptors (Lipinski definition) is 5. The van der Waals surface area contributed by atoms with E-state index in [0.717, 1.165) is 11.3 Å². The number of carbonyl (C=O) groups is 1. The van der Waals surface area contributed by atoms with Crippen LogP contribution in [-0.4, -0.2) is 38.6 Å².